The van der Waals surface area contributed by atoms with E-state index in [9.17, 15) is 9.59 Å². The van der Waals surface area contributed by atoms with Gasteiger partial charge < -0.3 is 19.5 Å². The second kappa shape index (κ2) is 12.0. The Labute approximate surface area is 155 Å². The fourth-order valence-electron chi connectivity index (χ4n) is 2.43. The summed E-state index contributed by atoms with van der Waals surface area (Å²) in [5, 5.41) is 3.42. The quantitative estimate of drug-likeness (QED) is 0.478. The lowest BCUT2D eigenvalue weighted by Gasteiger charge is -2.24. The average molecular weight is 363 g/mol. The van der Waals surface area contributed by atoms with Gasteiger partial charge in [0.15, 0.2) is 0 Å². The highest BCUT2D eigenvalue weighted by molar-refractivity contribution is 5.81. The predicted octanol–water partition coefficient (Wildman–Crippen LogP) is 3.57. The molecule has 0 saturated heterocycles. The molecule has 0 fully saturated rings. The Morgan fingerprint density at radius 3 is 2.35 bits per heavy atom. The predicted molar refractivity (Wildman–Crippen MR) is 101 cm³/mol. The normalized spacial score (nSPS) is 13.1. The van der Waals surface area contributed by atoms with E-state index in [1.165, 1.54) is 6.08 Å². The minimum Gasteiger partial charge on any atom is -0.497 e. The summed E-state index contributed by atoms with van der Waals surface area (Å²) in [6.45, 7) is 6.25. The summed E-state index contributed by atoms with van der Waals surface area (Å²) in [6.07, 6.45) is 4.12. The van der Waals surface area contributed by atoms with Crippen molar-refractivity contribution in [3.8, 4) is 5.75 Å². The van der Waals surface area contributed by atoms with Crippen LogP contribution in [0.4, 0.5) is 5.69 Å². The molecule has 1 aromatic rings. The number of hydrogen-bond acceptors (Lipinski definition) is 6. The molecule has 0 unspecified atom stereocenters. The van der Waals surface area contributed by atoms with Gasteiger partial charge in [-0.1, -0.05) is 13.0 Å². The third kappa shape index (κ3) is 8.05. The Hall–Kier alpha value is -2.50. The van der Waals surface area contributed by atoms with Crippen LogP contribution in [0.1, 0.15) is 33.6 Å². The standard InChI is InChI=1S/C20H29NO5/c1-5-25-19(22)13-7-15(3)18(12-14-20(23)26-6-2)21-16-8-10-17(24-4)11-9-16/h7-11,13,15,18,21H,5-6,12,14H2,1-4H3/b13-7+/t15-,18+/m0/s1. The lowest BCUT2D eigenvalue weighted by molar-refractivity contribution is -0.143. The highest BCUT2D eigenvalue weighted by Crippen LogP contribution is 2.21. The summed E-state index contributed by atoms with van der Waals surface area (Å²) >= 11 is 0. The van der Waals surface area contributed by atoms with Crippen LogP contribution in [0.2, 0.25) is 0 Å². The van der Waals surface area contributed by atoms with Crippen LogP contribution >= 0.6 is 0 Å². The summed E-state index contributed by atoms with van der Waals surface area (Å²) in [5.74, 6) is 0.188. The van der Waals surface area contributed by atoms with Crippen molar-refractivity contribution in [2.45, 2.75) is 39.7 Å². The molecule has 0 aliphatic rings. The van der Waals surface area contributed by atoms with E-state index in [1.807, 2.05) is 31.2 Å². The number of anilines is 1. The molecular formula is C20H29NO5. The number of nitrogens with one attached hydrogen (secondary N) is 1. The number of hydrogen-bond donors (Lipinski definition) is 1. The molecule has 144 valence electrons. The Balaban J connectivity index is 2.78. The van der Waals surface area contributed by atoms with E-state index in [1.54, 1.807) is 27.0 Å². The SMILES string of the molecule is CCOC(=O)/C=C/[C@H](C)[C@@H](CCC(=O)OCC)Nc1ccc(OC)cc1. The summed E-state index contributed by atoms with van der Waals surface area (Å²) in [6, 6.07) is 7.52. The van der Waals surface area contributed by atoms with Crippen molar-refractivity contribution < 1.29 is 23.8 Å². The van der Waals surface area contributed by atoms with E-state index >= 15 is 0 Å². The Kier molecular flexibility index (Phi) is 9.90. The van der Waals surface area contributed by atoms with E-state index < -0.39 is 0 Å². The van der Waals surface area contributed by atoms with Crippen molar-refractivity contribution in [1.29, 1.82) is 0 Å². The first kappa shape index (κ1) is 21.5. The molecule has 6 nitrogen and oxygen atoms in total. The van der Waals surface area contributed by atoms with Gasteiger partial charge >= 0.3 is 11.9 Å². The third-order valence-electron chi connectivity index (χ3n) is 3.86. The van der Waals surface area contributed by atoms with Gasteiger partial charge in [-0.2, -0.15) is 0 Å². The van der Waals surface area contributed by atoms with Gasteiger partial charge in [-0.25, -0.2) is 4.79 Å². The molecular weight excluding hydrogens is 334 g/mol. The molecule has 0 saturated carbocycles. The van der Waals surface area contributed by atoms with Gasteiger partial charge in [-0.15, -0.1) is 0 Å². The highest BCUT2D eigenvalue weighted by Gasteiger charge is 2.17. The highest BCUT2D eigenvalue weighted by atomic mass is 16.5. The van der Waals surface area contributed by atoms with Crippen molar-refractivity contribution in [3.05, 3.63) is 36.4 Å². The minimum atomic E-state index is -0.368. The minimum absolute atomic E-state index is 0.0101. The van der Waals surface area contributed by atoms with Crippen molar-refractivity contribution >= 4 is 17.6 Å². The number of methoxy groups -OCH3 is 1. The molecule has 6 heteroatoms. The first-order valence-corrected chi connectivity index (χ1v) is 8.91. The van der Waals surface area contributed by atoms with Crippen LogP contribution in [0.15, 0.2) is 36.4 Å². The zero-order chi connectivity index (χ0) is 19.4. The van der Waals surface area contributed by atoms with Crippen molar-refractivity contribution in [1.82, 2.24) is 0 Å². The summed E-state index contributed by atoms with van der Waals surface area (Å²) < 4.78 is 15.1. The fraction of sp³-hybridized carbons (Fsp3) is 0.500. The van der Waals surface area contributed by atoms with Gasteiger partial charge in [0.05, 0.1) is 20.3 Å². The van der Waals surface area contributed by atoms with Gasteiger partial charge in [0.2, 0.25) is 0 Å². The molecule has 0 radical (unpaired) electrons. The first-order chi connectivity index (χ1) is 12.5. The van der Waals surface area contributed by atoms with Gasteiger partial charge in [0, 0.05) is 24.2 Å². The van der Waals surface area contributed by atoms with Crippen LogP contribution < -0.4 is 10.1 Å². The van der Waals surface area contributed by atoms with Crippen LogP contribution in [-0.4, -0.2) is 38.3 Å². The van der Waals surface area contributed by atoms with Crippen molar-refractivity contribution in [2.75, 3.05) is 25.6 Å². The zero-order valence-corrected chi connectivity index (χ0v) is 16.0. The first-order valence-electron chi connectivity index (χ1n) is 8.91. The molecule has 0 spiro atoms. The maximum atomic E-state index is 11.7. The number of benzene rings is 1. The molecule has 0 aliphatic carbocycles. The summed E-state index contributed by atoms with van der Waals surface area (Å²) in [4.78, 5) is 23.2. The van der Waals surface area contributed by atoms with Crippen LogP contribution in [0.5, 0.6) is 5.75 Å². The van der Waals surface area contributed by atoms with E-state index in [0.29, 0.717) is 26.1 Å². The second-order valence-electron chi connectivity index (χ2n) is 5.79. The molecule has 1 aromatic carbocycles. The van der Waals surface area contributed by atoms with Crippen LogP contribution in [0.25, 0.3) is 0 Å². The van der Waals surface area contributed by atoms with Crippen molar-refractivity contribution in [3.63, 3.8) is 0 Å². The number of carbonyl (C=O) groups is 2. The maximum Gasteiger partial charge on any atom is 0.330 e. The van der Waals surface area contributed by atoms with E-state index in [4.69, 9.17) is 14.2 Å². The number of rotatable bonds is 11. The molecule has 2 atom stereocenters. The largest absolute Gasteiger partial charge is 0.497 e. The lowest BCUT2D eigenvalue weighted by Crippen LogP contribution is -2.27. The van der Waals surface area contributed by atoms with Gasteiger partial charge in [0.1, 0.15) is 5.75 Å². The third-order valence-corrected chi connectivity index (χ3v) is 3.86. The molecule has 0 amide bonds. The Morgan fingerprint density at radius 2 is 1.77 bits per heavy atom. The number of carbonyl (C=O) groups excluding carboxylic acids is 2. The molecule has 1 N–H and O–H groups in total. The Morgan fingerprint density at radius 1 is 1.12 bits per heavy atom. The zero-order valence-electron chi connectivity index (χ0n) is 16.0. The molecule has 0 heterocycles. The second-order valence-corrected chi connectivity index (χ2v) is 5.79. The fourth-order valence-corrected chi connectivity index (χ4v) is 2.43. The summed E-state index contributed by atoms with van der Waals surface area (Å²) in [5.41, 5.74) is 0.913. The number of esters is 2. The maximum absolute atomic E-state index is 11.7. The van der Waals surface area contributed by atoms with E-state index in [-0.39, 0.29) is 23.9 Å². The lowest BCUT2D eigenvalue weighted by atomic mass is 9.96. The molecule has 26 heavy (non-hydrogen) atoms. The van der Waals surface area contributed by atoms with E-state index in [0.717, 1.165) is 11.4 Å². The molecule has 1 rings (SSSR count). The number of ether oxygens (including phenoxy) is 3. The monoisotopic (exact) mass is 363 g/mol. The van der Waals surface area contributed by atoms with Gasteiger partial charge in [0.25, 0.3) is 0 Å². The molecule has 0 bridgehead atoms. The smallest absolute Gasteiger partial charge is 0.330 e. The van der Waals surface area contributed by atoms with Gasteiger partial charge in [-0.3, -0.25) is 4.79 Å². The van der Waals surface area contributed by atoms with Gasteiger partial charge in [-0.05, 0) is 50.5 Å². The van der Waals surface area contributed by atoms with Crippen LogP contribution in [0.3, 0.4) is 0 Å². The average Bonchev–Trinajstić information content (AvgIpc) is 2.64. The van der Waals surface area contributed by atoms with Crippen molar-refractivity contribution in [2.24, 2.45) is 5.92 Å². The van der Waals surface area contributed by atoms with E-state index in [2.05, 4.69) is 5.32 Å². The topological polar surface area (TPSA) is 73.9 Å². The Bertz CT molecular complexity index is 582. The summed E-state index contributed by atoms with van der Waals surface area (Å²) in [7, 11) is 1.62. The molecule has 0 aliphatic heterocycles. The van der Waals surface area contributed by atoms with Crippen LogP contribution in [0, 0.1) is 5.92 Å². The van der Waals surface area contributed by atoms with Crippen LogP contribution in [-0.2, 0) is 19.1 Å². The molecule has 0 aromatic heterocycles.